The van der Waals surface area contributed by atoms with Crippen LogP contribution in [0.3, 0.4) is 0 Å². The molecule has 0 saturated carbocycles. The molecule has 0 aliphatic heterocycles. The number of nitrogens with one attached hydrogen (secondary N) is 1. The highest BCUT2D eigenvalue weighted by atomic mass is 16.5. The molecule has 1 aromatic heterocycles. The van der Waals surface area contributed by atoms with Gasteiger partial charge in [-0.05, 0) is 19.4 Å². The Morgan fingerprint density at radius 3 is 3.00 bits per heavy atom. The van der Waals surface area contributed by atoms with Crippen molar-refractivity contribution in [3.63, 3.8) is 0 Å². The molecule has 0 saturated heterocycles. The molecule has 4 nitrogen and oxygen atoms in total. The number of nitrogens with zero attached hydrogens (tertiary/aromatic N) is 2. The molecule has 0 fully saturated rings. The molecule has 0 bridgehead atoms. The van der Waals surface area contributed by atoms with Gasteiger partial charge in [0.1, 0.15) is 0 Å². The van der Waals surface area contributed by atoms with Gasteiger partial charge in [0.05, 0.1) is 19.0 Å². The molecule has 1 heterocycles. The van der Waals surface area contributed by atoms with Crippen molar-refractivity contribution >= 4 is 0 Å². The highest BCUT2D eigenvalue weighted by molar-refractivity contribution is 5.11. The number of aryl methyl sites for hydroxylation is 1. The largest absolute Gasteiger partial charge is 0.490 e. The van der Waals surface area contributed by atoms with Gasteiger partial charge in [0.2, 0.25) is 0 Å². The van der Waals surface area contributed by atoms with Crippen LogP contribution in [0, 0.1) is 0 Å². The Balaban J connectivity index is 2.12. The van der Waals surface area contributed by atoms with Crippen molar-refractivity contribution in [3.05, 3.63) is 12.4 Å². The zero-order chi connectivity index (χ0) is 11.8. The van der Waals surface area contributed by atoms with Gasteiger partial charge < -0.3 is 10.1 Å². The van der Waals surface area contributed by atoms with E-state index in [9.17, 15) is 0 Å². The van der Waals surface area contributed by atoms with Crippen molar-refractivity contribution in [2.75, 3.05) is 13.2 Å². The molecule has 1 aromatic rings. The number of ether oxygens (including phenoxy) is 1. The third-order valence-electron chi connectivity index (χ3n) is 2.20. The number of rotatable bonds is 8. The van der Waals surface area contributed by atoms with Gasteiger partial charge in [-0.3, -0.25) is 4.68 Å². The van der Waals surface area contributed by atoms with Crippen molar-refractivity contribution in [2.45, 2.75) is 46.2 Å². The summed E-state index contributed by atoms with van der Waals surface area (Å²) in [6.45, 7) is 9.14. The molecule has 16 heavy (non-hydrogen) atoms. The Bertz CT molecular complexity index is 284. The maximum Gasteiger partial charge on any atom is 0.157 e. The second kappa shape index (κ2) is 7.28. The van der Waals surface area contributed by atoms with Crippen molar-refractivity contribution in [3.8, 4) is 5.75 Å². The third-order valence-corrected chi connectivity index (χ3v) is 2.20. The Kier molecular flexibility index (Phi) is 5.93. The molecule has 0 spiro atoms. The van der Waals surface area contributed by atoms with Crippen LogP contribution in [0.15, 0.2) is 12.4 Å². The summed E-state index contributed by atoms with van der Waals surface area (Å²) in [6.07, 6.45) is 5.86. The van der Waals surface area contributed by atoms with E-state index in [0.29, 0.717) is 6.04 Å². The zero-order valence-electron chi connectivity index (χ0n) is 10.6. The summed E-state index contributed by atoms with van der Waals surface area (Å²) in [7, 11) is 0. The Labute approximate surface area is 98.0 Å². The first-order chi connectivity index (χ1) is 7.72. The summed E-state index contributed by atoms with van der Waals surface area (Å²) < 4.78 is 7.51. The minimum absolute atomic E-state index is 0.548. The fourth-order valence-electron chi connectivity index (χ4n) is 1.42. The molecule has 0 aliphatic carbocycles. The Hall–Kier alpha value is -1.03. The molecule has 0 radical (unpaired) electrons. The average molecular weight is 225 g/mol. The molecule has 0 unspecified atom stereocenters. The van der Waals surface area contributed by atoms with E-state index in [0.717, 1.165) is 38.3 Å². The van der Waals surface area contributed by atoms with Crippen LogP contribution in [0.5, 0.6) is 5.75 Å². The lowest BCUT2D eigenvalue weighted by atomic mass is 10.3. The summed E-state index contributed by atoms with van der Waals surface area (Å²) in [5.74, 6) is 0.873. The average Bonchev–Trinajstić information content (AvgIpc) is 2.65. The first-order valence-electron chi connectivity index (χ1n) is 6.11. The molecule has 1 N–H and O–H groups in total. The van der Waals surface area contributed by atoms with Gasteiger partial charge in [0.25, 0.3) is 0 Å². The number of aromatic nitrogens is 2. The van der Waals surface area contributed by atoms with Gasteiger partial charge in [0.15, 0.2) is 5.75 Å². The van der Waals surface area contributed by atoms with E-state index in [1.54, 1.807) is 6.20 Å². The third kappa shape index (κ3) is 5.16. The predicted octanol–water partition coefficient (Wildman–Crippen LogP) is 2.06. The van der Waals surface area contributed by atoms with E-state index < -0.39 is 0 Å². The quantitative estimate of drug-likeness (QED) is 0.688. The van der Waals surface area contributed by atoms with E-state index in [-0.39, 0.29) is 0 Å². The fraction of sp³-hybridized carbons (Fsp3) is 0.750. The molecular weight excluding hydrogens is 202 g/mol. The zero-order valence-corrected chi connectivity index (χ0v) is 10.6. The summed E-state index contributed by atoms with van der Waals surface area (Å²) in [5.41, 5.74) is 0. The lowest BCUT2D eigenvalue weighted by Gasteiger charge is -2.07. The minimum atomic E-state index is 0.548. The maximum absolute atomic E-state index is 5.59. The maximum atomic E-state index is 5.59. The van der Waals surface area contributed by atoms with Crippen molar-refractivity contribution in [1.29, 1.82) is 0 Å². The molecule has 0 aliphatic rings. The van der Waals surface area contributed by atoms with E-state index >= 15 is 0 Å². The standard InChI is InChI=1S/C12H23N3O/c1-4-7-15-10-12(9-14-15)16-8-5-6-13-11(2)3/h9-11,13H,4-8H2,1-3H3. The second-order valence-corrected chi connectivity index (χ2v) is 4.25. The van der Waals surface area contributed by atoms with Gasteiger partial charge in [-0.25, -0.2) is 0 Å². The van der Waals surface area contributed by atoms with Gasteiger partial charge in [-0.15, -0.1) is 0 Å². The van der Waals surface area contributed by atoms with Crippen LogP contribution in [0.25, 0.3) is 0 Å². The summed E-state index contributed by atoms with van der Waals surface area (Å²) in [6, 6.07) is 0.548. The molecule has 4 heteroatoms. The molecule has 0 aromatic carbocycles. The Morgan fingerprint density at radius 1 is 1.50 bits per heavy atom. The number of hydrogen-bond acceptors (Lipinski definition) is 3. The highest BCUT2D eigenvalue weighted by Crippen LogP contribution is 2.08. The lowest BCUT2D eigenvalue weighted by molar-refractivity contribution is 0.306. The van der Waals surface area contributed by atoms with E-state index in [1.165, 1.54) is 0 Å². The predicted molar refractivity (Wildman–Crippen MR) is 65.8 cm³/mol. The summed E-state index contributed by atoms with van der Waals surface area (Å²) in [4.78, 5) is 0. The van der Waals surface area contributed by atoms with Gasteiger partial charge in [-0.1, -0.05) is 20.8 Å². The van der Waals surface area contributed by atoms with Crippen LogP contribution in [0.2, 0.25) is 0 Å². The Morgan fingerprint density at radius 2 is 2.31 bits per heavy atom. The lowest BCUT2D eigenvalue weighted by Crippen LogP contribution is -2.24. The van der Waals surface area contributed by atoms with Gasteiger partial charge >= 0.3 is 0 Å². The fourth-order valence-corrected chi connectivity index (χ4v) is 1.42. The molecule has 1 rings (SSSR count). The number of hydrogen-bond donors (Lipinski definition) is 1. The molecule has 0 amide bonds. The summed E-state index contributed by atoms with van der Waals surface area (Å²) >= 11 is 0. The first kappa shape index (κ1) is 13.0. The smallest absolute Gasteiger partial charge is 0.157 e. The topological polar surface area (TPSA) is 39.1 Å². The minimum Gasteiger partial charge on any atom is -0.490 e. The SMILES string of the molecule is CCCn1cc(OCCCNC(C)C)cn1. The molecule has 0 atom stereocenters. The van der Waals surface area contributed by atoms with Crippen molar-refractivity contribution < 1.29 is 4.74 Å². The van der Waals surface area contributed by atoms with E-state index in [2.05, 4.69) is 31.2 Å². The van der Waals surface area contributed by atoms with Gasteiger partial charge in [-0.2, -0.15) is 5.10 Å². The van der Waals surface area contributed by atoms with E-state index in [4.69, 9.17) is 4.74 Å². The first-order valence-corrected chi connectivity index (χ1v) is 6.11. The second-order valence-electron chi connectivity index (χ2n) is 4.25. The van der Waals surface area contributed by atoms with Crippen molar-refractivity contribution in [1.82, 2.24) is 15.1 Å². The van der Waals surface area contributed by atoms with Crippen LogP contribution in [-0.4, -0.2) is 29.0 Å². The van der Waals surface area contributed by atoms with Gasteiger partial charge in [0, 0.05) is 12.6 Å². The highest BCUT2D eigenvalue weighted by Gasteiger charge is 1.98. The monoisotopic (exact) mass is 225 g/mol. The normalized spacial score (nSPS) is 11.0. The summed E-state index contributed by atoms with van der Waals surface area (Å²) in [5, 5.41) is 7.57. The van der Waals surface area contributed by atoms with Crippen LogP contribution < -0.4 is 10.1 Å². The van der Waals surface area contributed by atoms with Crippen LogP contribution in [-0.2, 0) is 6.54 Å². The molecular formula is C12H23N3O. The molecule has 92 valence electrons. The van der Waals surface area contributed by atoms with Crippen LogP contribution in [0.1, 0.15) is 33.6 Å². The van der Waals surface area contributed by atoms with Crippen molar-refractivity contribution in [2.24, 2.45) is 0 Å². The van der Waals surface area contributed by atoms with Crippen LogP contribution >= 0.6 is 0 Å². The van der Waals surface area contributed by atoms with E-state index in [1.807, 2.05) is 10.9 Å². The van der Waals surface area contributed by atoms with Crippen LogP contribution in [0.4, 0.5) is 0 Å².